The Balaban J connectivity index is 0.000000500. The first-order chi connectivity index (χ1) is 4.20. The zero-order valence-electron chi connectivity index (χ0n) is 6.47. The van der Waals surface area contributed by atoms with Crippen molar-refractivity contribution in [3.8, 4) is 0 Å². The zero-order valence-corrected chi connectivity index (χ0v) is 7.29. The highest BCUT2D eigenvalue weighted by molar-refractivity contribution is 5.85. The van der Waals surface area contributed by atoms with Crippen LogP contribution in [0.25, 0.3) is 0 Å². The minimum atomic E-state index is 0. The van der Waals surface area contributed by atoms with Crippen molar-refractivity contribution in [1.29, 1.82) is 0 Å². The third kappa shape index (κ3) is 1.06. The normalized spacial score (nSPS) is 51.0. The van der Waals surface area contributed by atoms with E-state index in [1.165, 1.54) is 25.7 Å². The monoisotopic (exact) mass is 161 g/mol. The fourth-order valence-corrected chi connectivity index (χ4v) is 2.80. The lowest BCUT2D eigenvalue weighted by Crippen LogP contribution is -2.52. The van der Waals surface area contributed by atoms with Crippen LogP contribution in [-0.2, 0) is 0 Å². The highest BCUT2D eigenvalue weighted by Gasteiger charge is 2.49. The molecule has 2 heteroatoms. The van der Waals surface area contributed by atoms with Crippen LogP contribution in [0.15, 0.2) is 0 Å². The molecule has 2 fully saturated rings. The van der Waals surface area contributed by atoms with E-state index in [1.54, 1.807) is 0 Å². The average Bonchev–Trinajstić information content (AvgIpc) is 1.58. The molecule has 0 unspecified atom stereocenters. The molecule has 0 aromatic rings. The molecule has 0 aromatic carbocycles. The van der Waals surface area contributed by atoms with Gasteiger partial charge in [0.2, 0.25) is 0 Å². The molecule has 2 aliphatic rings. The second kappa shape index (κ2) is 2.38. The van der Waals surface area contributed by atoms with Crippen molar-refractivity contribution in [2.75, 3.05) is 0 Å². The molecule has 0 heterocycles. The van der Waals surface area contributed by atoms with Crippen molar-refractivity contribution < 1.29 is 0 Å². The van der Waals surface area contributed by atoms with E-state index in [9.17, 15) is 0 Å². The SMILES string of the molecule is CC1CC2(C1)CC(N)C2.Cl. The van der Waals surface area contributed by atoms with Crippen LogP contribution in [0.1, 0.15) is 32.6 Å². The van der Waals surface area contributed by atoms with Crippen LogP contribution in [-0.4, -0.2) is 6.04 Å². The quantitative estimate of drug-likeness (QED) is 0.578. The summed E-state index contributed by atoms with van der Waals surface area (Å²) in [7, 11) is 0. The van der Waals surface area contributed by atoms with Gasteiger partial charge in [-0.25, -0.2) is 0 Å². The Morgan fingerprint density at radius 3 is 2.00 bits per heavy atom. The summed E-state index contributed by atoms with van der Waals surface area (Å²) in [5, 5.41) is 0. The van der Waals surface area contributed by atoms with Crippen LogP contribution < -0.4 is 5.73 Å². The van der Waals surface area contributed by atoms with Gasteiger partial charge in [-0.1, -0.05) is 6.92 Å². The van der Waals surface area contributed by atoms with Crippen LogP contribution in [0.3, 0.4) is 0 Å². The smallest absolute Gasteiger partial charge is 0.00494 e. The van der Waals surface area contributed by atoms with E-state index in [1.807, 2.05) is 0 Å². The van der Waals surface area contributed by atoms with E-state index in [2.05, 4.69) is 6.92 Å². The van der Waals surface area contributed by atoms with Gasteiger partial charge >= 0.3 is 0 Å². The van der Waals surface area contributed by atoms with Crippen molar-refractivity contribution in [2.45, 2.75) is 38.6 Å². The first-order valence-electron chi connectivity index (χ1n) is 3.96. The summed E-state index contributed by atoms with van der Waals surface area (Å²) in [6.07, 6.45) is 5.55. The molecule has 60 valence electrons. The van der Waals surface area contributed by atoms with Crippen LogP contribution in [0.4, 0.5) is 0 Å². The molecule has 0 radical (unpaired) electrons. The fraction of sp³-hybridized carbons (Fsp3) is 1.00. The zero-order chi connectivity index (χ0) is 6.48. The average molecular weight is 162 g/mol. The summed E-state index contributed by atoms with van der Waals surface area (Å²) in [6, 6.07) is 0.553. The van der Waals surface area contributed by atoms with Gasteiger partial charge < -0.3 is 5.73 Å². The first-order valence-corrected chi connectivity index (χ1v) is 3.96. The van der Waals surface area contributed by atoms with E-state index in [0.717, 1.165) is 11.3 Å². The van der Waals surface area contributed by atoms with Gasteiger partial charge in [0.1, 0.15) is 0 Å². The van der Waals surface area contributed by atoms with Crippen molar-refractivity contribution >= 4 is 12.4 Å². The van der Waals surface area contributed by atoms with E-state index in [0.29, 0.717) is 6.04 Å². The van der Waals surface area contributed by atoms with E-state index >= 15 is 0 Å². The third-order valence-corrected chi connectivity index (χ3v) is 2.95. The van der Waals surface area contributed by atoms with Gasteiger partial charge in [-0.2, -0.15) is 0 Å². The molecule has 2 rings (SSSR count). The van der Waals surface area contributed by atoms with Gasteiger partial charge in [0, 0.05) is 6.04 Å². The maximum absolute atomic E-state index is 5.71. The molecule has 2 N–H and O–H groups in total. The lowest BCUT2D eigenvalue weighted by atomic mass is 9.51. The minimum Gasteiger partial charge on any atom is -0.328 e. The molecule has 0 atom stereocenters. The Morgan fingerprint density at radius 2 is 1.70 bits per heavy atom. The first kappa shape index (κ1) is 8.35. The maximum Gasteiger partial charge on any atom is 0.00494 e. The van der Waals surface area contributed by atoms with Crippen LogP contribution >= 0.6 is 12.4 Å². The summed E-state index contributed by atoms with van der Waals surface area (Å²) in [6.45, 7) is 2.34. The van der Waals surface area contributed by atoms with Crippen LogP contribution in [0, 0.1) is 11.3 Å². The molecule has 0 aromatic heterocycles. The van der Waals surface area contributed by atoms with Crippen LogP contribution in [0.5, 0.6) is 0 Å². The summed E-state index contributed by atoms with van der Waals surface area (Å²) in [5.74, 6) is 0.998. The summed E-state index contributed by atoms with van der Waals surface area (Å²) in [4.78, 5) is 0. The number of rotatable bonds is 0. The maximum atomic E-state index is 5.71. The van der Waals surface area contributed by atoms with Crippen molar-refractivity contribution in [2.24, 2.45) is 17.1 Å². The molecule has 0 amide bonds. The Morgan fingerprint density at radius 1 is 1.20 bits per heavy atom. The molecule has 0 bridgehead atoms. The van der Waals surface area contributed by atoms with Gasteiger partial charge in [0.15, 0.2) is 0 Å². The molecule has 2 saturated carbocycles. The predicted octanol–water partition coefficient (Wildman–Crippen LogP) is 1.95. The van der Waals surface area contributed by atoms with Gasteiger partial charge in [0.05, 0.1) is 0 Å². The topological polar surface area (TPSA) is 26.0 Å². The number of nitrogens with two attached hydrogens (primary N) is 1. The van der Waals surface area contributed by atoms with Gasteiger partial charge in [-0.3, -0.25) is 0 Å². The molecular weight excluding hydrogens is 146 g/mol. The highest BCUT2D eigenvalue weighted by atomic mass is 35.5. The highest BCUT2D eigenvalue weighted by Crippen LogP contribution is 2.57. The van der Waals surface area contributed by atoms with Crippen molar-refractivity contribution in [3.63, 3.8) is 0 Å². The van der Waals surface area contributed by atoms with Crippen molar-refractivity contribution in [3.05, 3.63) is 0 Å². The Kier molecular flexibility index (Phi) is 1.99. The second-order valence-corrected chi connectivity index (χ2v) is 4.18. The summed E-state index contributed by atoms with van der Waals surface area (Å²) >= 11 is 0. The predicted molar refractivity (Wildman–Crippen MR) is 45.3 cm³/mol. The Hall–Kier alpha value is 0.250. The van der Waals surface area contributed by atoms with Gasteiger partial charge in [-0.05, 0) is 37.0 Å². The van der Waals surface area contributed by atoms with E-state index < -0.39 is 0 Å². The lowest BCUT2D eigenvalue weighted by molar-refractivity contribution is -0.0313. The van der Waals surface area contributed by atoms with E-state index in [4.69, 9.17) is 5.73 Å². The second-order valence-electron chi connectivity index (χ2n) is 4.18. The fourth-order valence-electron chi connectivity index (χ4n) is 2.80. The largest absolute Gasteiger partial charge is 0.328 e. The summed E-state index contributed by atoms with van der Waals surface area (Å²) < 4.78 is 0. The Labute approximate surface area is 68.8 Å². The minimum absolute atomic E-state index is 0. The van der Waals surface area contributed by atoms with E-state index in [-0.39, 0.29) is 12.4 Å². The lowest BCUT2D eigenvalue weighted by Gasteiger charge is -2.56. The number of hydrogen-bond donors (Lipinski definition) is 1. The third-order valence-electron chi connectivity index (χ3n) is 2.95. The Bertz CT molecular complexity index is 104. The molecule has 10 heavy (non-hydrogen) atoms. The molecular formula is C8H16ClN. The molecule has 0 saturated heterocycles. The molecule has 1 nitrogen and oxygen atoms in total. The van der Waals surface area contributed by atoms with Crippen LogP contribution in [0.2, 0.25) is 0 Å². The summed E-state index contributed by atoms with van der Waals surface area (Å²) in [5.41, 5.74) is 6.47. The van der Waals surface area contributed by atoms with Gasteiger partial charge in [0.25, 0.3) is 0 Å². The molecule has 1 spiro atoms. The number of hydrogen-bond acceptors (Lipinski definition) is 1. The number of halogens is 1. The van der Waals surface area contributed by atoms with Gasteiger partial charge in [-0.15, -0.1) is 12.4 Å². The molecule has 2 aliphatic carbocycles. The standard InChI is InChI=1S/C8H15N.ClH/c1-6-2-8(3-6)4-7(9)5-8;/h6-7H,2-5,9H2,1H3;1H. The van der Waals surface area contributed by atoms with Crippen molar-refractivity contribution in [1.82, 2.24) is 0 Å². The molecule has 0 aliphatic heterocycles.